The Bertz CT molecular complexity index is 629. The summed E-state index contributed by atoms with van der Waals surface area (Å²) in [6.07, 6.45) is 5.39. The molecule has 136 valence electrons. The molecule has 1 atom stereocenters. The lowest BCUT2D eigenvalue weighted by molar-refractivity contribution is 0.104. The molecule has 5 heteroatoms. The van der Waals surface area contributed by atoms with E-state index in [1.165, 1.54) is 18.5 Å². The summed E-state index contributed by atoms with van der Waals surface area (Å²) in [6, 6.07) is 10.8. The fourth-order valence-electron chi connectivity index (χ4n) is 3.50. The molecule has 3 heterocycles. The van der Waals surface area contributed by atoms with Gasteiger partial charge in [0.15, 0.2) is 0 Å². The van der Waals surface area contributed by atoms with E-state index in [1.807, 2.05) is 18.3 Å². The normalized spacial score (nSPS) is 18.8. The predicted molar refractivity (Wildman–Crippen MR) is 98.3 cm³/mol. The summed E-state index contributed by atoms with van der Waals surface area (Å²) in [5.74, 6) is 1.93. The van der Waals surface area contributed by atoms with E-state index in [1.54, 1.807) is 7.11 Å². The highest BCUT2D eigenvalue weighted by Crippen LogP contribution is 2.19. The Balaban J connectivity index is 1.48. The number of nitrogens with zero attached hydrogens (tertiary/aromatic N) is 3. The third-order valence-corrected chi connectivity index (χ3v) is 4.93. The molecular formula is C20H29N3O2. The monoisotopic (exact) mass is 343 g/mol. The van der Waals surface area contributed by atoms with Crippen molar-refractivity contribution in [3.05, 3.63) is 53.7 Å². The highest BCUT2D eigenvalue weighted by Gasteiger charge is 2.23. The van der Waals surface area contributed by atoms with E-state index < -0.39 is 0 Å². The summed E-state index contributed by atoms with van der Waals surface area (Å²) < 4.78 is 11.0. The summed E-state index contributed by atoms with van der Waals surface area (Å²) in [4.78, 5) is 9.41. The van der Waals surface area contributed by atoms with Crippen molar-refractivity contribution >= 4 is 0 Å². The Morgan fingerprint density at radius 3 is 2.96 bits per heavy atom. The zero-order chi connectivity index (χ0) is 17.5. The van der Waals surface area contributed by atoms with Gasteiger partial charge in [-0.3, -0.25) is 9.88 Å². The van der Waals surface area contributed by atoms with Gasteiger partial charge in [-0.2, -0.15) is 0 Å². The van der Waals surface area contributed by atoms with Gasteiger partial charge in [0, 0.05) is 44.6 Å². The largest absolute Gasteiger partial charge is 0.462 e. The number of hydrogen-bond acceptors (Lipinski definition) is 5. The minimum atomic E-state index is 0.541. The summed E-state index contributed by atoms with van der Waals surface area (Å²) in [6.45, 7) is 4.71. The molecule has 2 aromatic heterocycles. The Labute approximate surface area is 150 Å². The van der Waals surface area contributed by atoms with Crippen LogP contribution in [0.2, 0.25) is 0 Å². The van der Waals surface area contributed by atoms with Crippen LogP contribution in [0, 0.1) is 0 Å². The van der Waals surface area contributed by atoms with Crippen molar-refractivity contribution in [1.82, 2.24) is 14.8 Å². The topological polar surface area (TPSA) is 41.7 Å². The van der Waals surface area contributed by atoms with Crippen molar-refractivity contribution < 1.29 is 9.15 Å². The molecule has 0 aliphatic carbocycles. The van der Waals surface area contributed by atoms with Gasteiger partial charge in [-0.05, 0) is 50.7 Å². The molecule has 1 aliphatic heterocycles. The average molecular weight is 343 g/mol. The van der Waals surface area contributed by atoms with E-state index >= 15 is 0 Å². The first-order valence-electron chi connectivity index (χ1n) is 9.13. The molecule has 0 N–H and O–H groups in total. The molecule has 3 rings (SSSR count). The highest BCUT2D eigenvalue weighted by atomic mass is 16.5. The maximum atomic E-state index is 5.84. The first kappa shape index (κ1) is 18.1. The molecule has 0 amide bonds. The van der Waals surface area contributed by atoms with E-state index in [0.717, 1.165) is 44.1 Å². The minimum absolute atomic E-state index is 0.541. The average Bonchev–Trinajstić information content (AvgIpc) is 3.08. The van der Waals surface area contributed by atoms with Gasteiger partial charge in [-0.15, -0.1) is 0 Å². The number of likely N-dealkylation sites (N-methyl/N-ethyl adjacent to an activating group) is 1. The van der Waals surface area contributed by atoms with Crippen molar-refractivity contribution in [2.45, 2.75) is 38.5 Å². The predicted octanol–water partition coefficient (Wildman–Crippen LogP) is 2.96. The number of furan rings is 1. The molecule has 1 unspecified atom stereocenters. The Kier molecular flexibility index (Phi) is 6.62. The van der Waals surface area contributed by atoms with Crippen LogP contribution in [0.5, 0.6) is 0 Å². The second-order valence-electron chi connectivity index (χ2n) is 6.88. The van der Waals surface area contributed by atoms with Gasteiger partial charge in [0.25, 0.3) is 0 Å². The number of aromatic nitrogens is 1. The van der Waals surface area contributed by atoms with Gasteiger partial charge in [-0.25, -0.2) is 0 Å². The van der Waals surface area contributed by atoms with Crippen LogP contribution < -0.4 is 0 Å². The van der Waals surface area contributed by atoms with E-state index in [0.29, 0.717) is 12.6 Å². The van der Waals surface area contributed by atoms with Crippen molar-refractivity contribution in [3.8, 4) is 0 Å². The maximum Gasteiger partial charge on any atom is 0.129 e. The number of hydrogen-bond donors (Lipinski definition) is 0. The maximum absolute atomic E-state index is 5.84. The standard InChI is InChI=1S/C20H29N3O2/c1-22(13-10-17-6-3-4-11-21-17)18-7-5-12-23(14-18)15-19-8-9-20(25-19)16-24-2/h3-4,6,8-9,11,18H,5,7,10,12-16H2,1-2H3. The molecule has 1 fully saturated rings. The summed E-state index contributed by atoms with van der Waals surface area (Å²) in [7, 11) is 3.93. The van der Waals surface area contributed by atoms with Crippen LogP contribution >= 0.6 is 0 Å². The molecule has 2 aromatic rings. The zero-order valence-corrected chi connectivity index (χ0v) is 15.4. The number of methoxy groups -OCH3 is 1. The van der Waals surface area contributed by atoms with Crippen molar-refractivity contribution in [3.63, 3.8) is 0 Å². The van der Waals surface area contributed by atoms with Gasteiger partial charge < -0.3 is 14.1 Å². The van der Waals surface area contributed by atoms with Crippen LogP contribution in [0.1, 0.15) is 30.1 Å². The van der Waals surface area contributed by atoms with Gasteiger partial charge in [0.2, 0.25) is 0 Å². The highest BCUT2D eigenvalue weighted by molar-refractivity contribution is 5.07. The van der Waals surface area contributed by atoms with E-state index in [2.05, 4.69) is 40.0 Å². The molecule has 1 saturated heterocycles. The number of piperidine rings is 1. The molecule has 0 spiro atoms. The van der Waals surface area contributed by atoms with Crippen molar-refractivity contribution in [1.29, 1.82) is 0 Å². The molecule has 0 saturated carbocycles. The summed E-state index contributed by atoms with van der Waals surface area (Å²) in [5, 5.41) is 0. The van der Waals surface area contributed by atoms with E-state index in [-0.39, 0.29) is 0 Å². The van der Waals surface area contributed by atoms with Gasteiger partial charge in [-0.1, -0.05) is 6.07 Å². The fourth-order valence-corrected chi connectivity index (χ4v) is 3.50. The lowest BCUT2D eigenvalue weighted by Crippen LogP contribution is -2.46. The quantitative estimate of drug-likeness (QED) is 0.737. The third-order valence-electron chi connectivity index (χ3n) is 4.93. The fraction of sp³-hybridized carbons (Fsp3) is 0.550. The molecule has 0 bridgehead atoms. The van der Waals surface area contributed by atoms with Crippen molar-refractivity contribution in [2.24, 2.45) is 0 Å². The van der Waals surface area contributed by atoms with Crippen LogP contribution in [-0.4, -0.2) is 54.6 Å². The first-order valence-corrected chi connectivity index (χ1v) is 9.13. The zero-order valence-electron chi connectivity index (χ0n) is 15.4. The molecule has 0 radical (unpaired) electrons. The minimum Gasteiger partial charge on any atom is -0.462 e. The second-order valence-corrected chi connectivity index (χ2v) is 6.88. The number of rotatable bonds is 8. The van der Waals surface area contributed by atoms with Crippen LogP contribution in [0.3, 0.4) is 0 Å². The summed E-state index contributed by atoms with van der Waals surface area (Å²) in [5.41, 5.74) is 1.17. The van der Waals surface area contributed by atoms with Crippen LogP contribution in [0.25, 0.3) is 0 Å². The summed E-state index contributed by atoms with van der Waals surface area (Å²) >= 11 is 0. The Morgan fingerprint density at radius 1 is 1.28 bits per heavy atom. The van der Waals surface area contributed by atoms with Gasteiger partial charge in [0.05, 0.1) is 6.54 Å². The van der Waals surface area contributed by atoms with Crippen LogP contribution in [-0.2, 0) is 24.3 Å². The SMILES string of the molecule is COCc1ccc(CN2CCCC(N(C)CCc3ccccn3)C2)o1. The van der Waals surface area contributed by atoms with Crippen LogP contribution in [0.15, 0.2) is 40.9 Å². The molecular weight excluding hydrogens is 314 g/mol. The Morgan fingerprint density at radius 2 is 2.16 bits per heavy atom. The van der Waals surface area contributed by atoms with Gasteiger partial charge in [0.1, 0.15) is 18.1 Å². The lowest BCUT2D eigenvalue weighted by atomic mass is 10.0. The lowest BCUT2D eigenvalue weighted by Gasteiger charge is -2.37. The number of likely N-dealkylation sites (tertiary alicyclic amines) is 1. The molecule has 0 aromatic carbocycles. The molecule has 25 heavy (non-hydrogen) atoms. The van der Waals surface area contributed by atoms with E-state index in [9.17, 15) is 0 Å². The molecule has 1 aliphatic rings. The van der Waals surface area contributed by atoms with Crippen LogP contribution in [0.4, 0.5) is 0 Å². The Hall–Kier alpha value is -1.69. The number of pyridine rings is 1. The first-order chi connectivity index (χ1) is 12.2. The van der Waals surface area contributed by atoms with E-state index in [4.69, 9.17) is 9.15 Å². The smallest absolute Gasteiger partial charge is 0.129 e. The van der Waals surface area contributed by atoms with Crippen molar-refractivity contribution in [2.75, 3.05) is 33.8 Å². The third kappa shape index (κ3) is 5.39. The number of ether oxygens (including phenoxy) is 1. The second kappa shape index (κ2) is 9.13. The van der Waals surface area contributed by atoms with Gasteiger partial charge >= 0.3 is 0 Å². The molecule has 5 nitrogen and oxygen atoms in total.